The van der Waals surface area contributed by atoms with Crippen molar-refractivity contribution in [2.75, 3.05) is 11.9 Å². The maximum absolute atomic E-state index is 13.0. The molecule has 0 aliphatic carbocycles. The molecule has 2 N–H and O–H groups in total. The summed E-state index contributed by atoms with van der Waals surface area (Å²) in [5.41, 5.74) is 0.298. The van der Waals surface area contributed by atoms with E-state index in [-0.39, 0.29) is 23.8 Å². The van der Waals surface area contributed by atoms with Gasteiger partial charge < -0.3 is 10.6 Å². The molecule has 0 bridgehead atoms. The molecular weight excluding hydrogens is 287 g/mol. The van der Waals surface area contributed by atoms with Crippen LogP contribution in [0.4, 0.5) is 10.1 Å². The molecule has 0 fully saturated rings. The smallest absolute Gasteiger partial charge is 0.239 e. The van der Waals surface area contributed by atoms with Crippen molar-refractivity contribution in [3.05, 3.63) is 28.5 Å². The third-order valence-corrected chi connectivity index (χ3v) is 2.57. The molecule has 17 heavy (non-hydrogen) atoms. The molecule has 0 spiro atoms. The maximum Gasteiger partial charge on any atom is 0.239 e. The highest BCUT2D eigenvalue weighted by atomic mass is 79.9. The van der Waals surface area contributed by atoms with Crippen LogP contribution in [-0.4, -0.2) is 18.0 Å². The third kappa shape index (κ3) is 5.17. The Bertz CT molecular complexity index is 415. The van der Waals surface area contributed by atoms with Crippen molar-refractivity contribution in [3.63, 3.8) is 0 Å². The number of carbonyl (C=O) groups excluding carboxylic acids is 1. The molecule has 1 rings (SSSR count). The Balaban J connectivity index is 2.56. The predicted molar refractivity (Wildman–Crippen MR) is 70.5 cm³/mol. The van der Waals surface area contributed by atoms with E-state index in [9.17, 15) is 9.18 Å². The van der Waals surface area contributed by atoms with Crippen LogP contribution < -0.4 is 10.6 Å². The molecule has 1 amide bonds. The number of halogens is 2. The first-order chi connectivity index (χ1) is 7.78. The number of amides is 1. The highest BCUT2D eigenvalue weighted by Crippen LogP contribution is 2.22. The second-order valence-electron chi connectivity index (χ2n) is 4.78. The second-order valence-corrected chi connectivity index (χ2v) is 5.63. The van der Waals surface area contributed by atoms with Crippen molar-refractivity contribution < 1.29 is 9.18 Å². The van der Waals surface area contributed by atoms with Crippen molar-refractivity contribution in [1.82, 2.24) is 5.32 Å². The van der Waals surface area contributed by atoms with Gasteiger partial charge in [-0.15, -0.1) is 0 Å². The highest BCUT2D eigenvalue weighted by Gasteiger charge is 2.13. The van der Waals surface area contributed by atoms with Crippen LogP contribution in [0.15, 0.2) is 22.7 Å². The van der Waals surface area contributed by atoms with Gasteiger partial charge in [-0.05, 0) is 54.9 Å². The summed E-state index contributed by atoms with van der Waals surface area (Å²) in [6.45, 7) is 5.83. The fourth-order valence-electron chi connectivity index (χ4n) is 1.27. The predicted octanol–water partition coefficient (Wildman–Crippen LogP) is 2.91. The first-order valence-electron chi connectivity index (χ1n) is 5.28. The number of benzene rings is 1. The Morgan fingerprint density at radius 2 is 2.06 bits per heavy atom. The van der Waals surface area contributed by atoms with E-state index in [0.717, 1.165) is 4.47 Å². The molecule has 0 aliphatic rings. The van der Waals surface area contributed by atoms with Gasteiger partial charge in [-0.3, -0.25) is 4.79 Å². The van der Waals surface area contributed by atoms with Crippen LogP contribution in [0.25, 0.3) is 0 Å². The molecule has 5 heteroatoms. The zero-order valence-electron chi connectivity index (χ0n) is 10.1. The molecule has 0 radical (unpaired) electrons. The number of hydrogen-bond acceptors (Lipinski definition) is 2. The quantitative estimate of drug-likeness (QED) is 0.901. The Hall–Kier alpha value is -1.10. The SMILES string of the molecule is CC(C)(C)NC(=O)CNc1cc(F)ccc1Br. The van der Waals surface area contributed by atoms with Crippen LogP contribution in [0.1, 0.15) is 20.8 Å². The average molecular weight is 303 g/mol. The molecule has 0 saturated heterocycles. The lowest BCUT2D eigenvalue weighted by molar-refractivity contribution is -0.120. The molecule has 0 unspecified atom stereocenters. The summed E-state index contributed by atoms with van der Waals surface area (Å²) in [6, 6.07) is 4.29. The molecule has 1 aromatic carbocycles. The van der Waals surface area contributed by atoms with Crippen LogP contribution in [0.5, 0.6) is 0 Å². The topological polar surface area (TPSA) is 41.1 Å². The van der Waals surface area contributed by atoms with Crippen molar-refractivity contribution in [2.45, 2.75) is 26.3 Å². The molecule has 1 aromatic rings. The van der Waals surface area contributed by atoms with Crippen molar-refractivity contribution >= 4 is 27.5 Å². The summed E-state index contributed by atoms with van der Waals surface area (Å²) < 4.78 is 13.7. The van der Waals surface area contributed by atoms with Gasteiger partial charge in [-0.2, -0.15) is 0 Å². The largest absolute Gasteiger partial charge is 0.375 e. The van der Waals surface area contributed by atoms with Crippen molar-refractivity contribution in [1.29, 1.82) is 0 Å². The lowest BCUT2D eigenvalue weighted by atomic mass is 10.1. The Labute approximate surface area is 109 Å². The molecule has 0 saturated carbocycles. The number of carbonyl (C=O) groups is 1. The zero-order valence-corrected chi connectivity index (χ0v) is 11.7. The van der Waals surface area contributed by atoms with Crippen LogP contribution in [0.3, 0.4) is 0 Å². The van der Waals surface area contributed by atoms with E-state index < -0.39 is 0 Å². The van der Waals surface area contributed by atoms with Crippen LogP contribution in [-0.2, 0) is 4.79 Å². The van der Waals surface area contributed by atoms with Crippen LogP contribution in [0, 0.1) is 5.82 Å². The first-order valence-corrected chi connectivity index (χ1v) is 6.07. The second kappa shape index (κ2) is 5.49. The van der Waals surface area contributed by atoms with E-state index in [1.165, 1.54) is 12.1 Å². The number of anilines is 1. The Morgan fingerprint density at radius 1 is 1.41 bits per heavy atom. The standard InChI is InChI=1S/C12H16BrFN2O/c1-12(2,3)16-11(17)7-15-10-6-8(14)4-5-9(10)13/h4-6,15H,7H2,1-3H3,(H,16,17). The molecule has 94 valence electrons. The van der Waals surface area contributed by atoms with Crippen LogP contribution >= 0.6 is 15.9 Å². The molecule has 0 aromatic heterocycles. The normalized spacial score (nSPS) is 11.1. The minimum Gasteiger partial charge on any atom is -0.375 e. The van der Waals surface area contributed by atoms with E-state index in [2.05, 4.69) is 26.6 Å². The number of hydrogen-bond donors (Lipinski definition) is 2. The summed E-state index contributed by atoms with van der Waals surface area (Å²) in [4.78, 5) is 11.5. The van der Waals surface area contributed by atoms with E-state index in [0.29, 0.717) is 5.69 Å². The first kappa shape index (κ1) is 14.0. The van der Waals surface area contributed by atoms with E-state index in [1.54, 1.807) is 6.07 Å². The minimum absolute atomic E-state index is 0.110. The van der Waals surface area contributed by atoms with Crippen molar-refractivity contribution in [3.8, 4) is 0 Å². The summed E-state index contributed by atoms with van der Waals surface area (Å²) in [5, 5.41) is 5.69. The minimum atomic E-state index is -0.341. The lowest BCUT2D eigenvalue weighted by Crippen LogP contribution is -2.43. The molecule has 0 aliphatic heterocycles. The zero-order chi connectivity index (χ0) is 13.1. The Kier molecular flexibility index (Phi) is 4.51. The molecular formula is C12H16BrFN2O. The molecule has 0 atom stereocenters. The lowest BCUT2D eigenvalue weighted by Gasteiger charge is -2.20. The van der Waals surface area contributed by atoms with Gasteiger partial charge in [0.25, 0.3) is 0 Å². The van der Waals surface area contributed by atoms with Crippen LogP contribution in [0.2, 0.25) is 0 Å². The highest BCUT2D eigenvalue weighted by molar-refractivity contribution is 9.10. The van der Waals surface area contributed by atoms with E-state index in [4.69, 9.17) is 0 Å². The van der Waals surface area contributed by atoms with Gasteiger partial charge in [0, 0.05) is 10.0 Å². The molecule has 3 nitrogen and oxygen atoms in total. The van der Waals surface area contributed by atoms with Gasteiger partial charge in [0.1, 0.15) is 5.82 Å². The van der Waals surface area contributed by atoms with Crippen molar-refractivity contribution in [2.24, 2.45) is 0 Å². The summed E-state index contributed by atoms with van der Waals surface area (Å²) in [7, 11) is 0. The van der Waals surface area contributed by atoms with Gasteiger partial charge in [0.15, 0.2) is 0 Å². The summed E-state index contributed by atoms with van der Waals surface area (Å²) >= 11 is 3.28. The van der Waals surface area contributed by atoms with E-state index >= 15 is 0 Å². The van der Waals surface area contributed by atoms with Gasteiger partial charge in [0.05, 0.1) is 12.2 Å². The third-order valence-electron chi connectivity index (χ3n) is 1.88. The van der Waals surface area contributed by atoms with Gasteiger partial charge in [-0.1, -0.05) is 0 Å². The van der Waals surface area contributed by atoms with E-state index in [1.807, 2.05) is 20.8 Å². The fraction of sp³-hybridized carbons (Fsp3) is 0.417. The number of rotatable bonds is 3. The number of nitrogens with one attached hydrogen (secondary N) is 2. The maximum atomic E-state index is 13.0. The monoisotopic (exact) mass is 302 g/mol. The van der Waals surface area contributed by atoms with Gasteiger partial charge >= 0.3 is 0 Å². The van der Waals surface area contributed by atoms with Gasteiger partial charge in [-0.25, -0.2) is 4.39 Å². The summed E-state index contributed by atoms with van der Waals surface area (Å²) in [6.07, 6.45) is 0. The molecule has 0 heterocycles. The fourth-order valence-corrected chi connectivity index (χ4v) is 1.66. The Morgan fingerprint density at radius 3 is 2.65 bits per heavy atom. The average Bonchev–Trinajstić information content (AvgIpc) is 2.17. The van der Waals surface area contributed by atoms with Gasteiger partial charge in [0.2, 0.25) is 5.91 Å². The summed E-state index contributed by atoms with van der Waals surface area (Å²) in [5.74, 6) is -0.472.